The van der Waals surface area contributed by atoms with Gasteiger partial charge in [0.15, 0.2) is 0 Å². The molecule has 0 aliphatic carbocycles. The Hall–Kier alpha value is -1.09. The Morgan fingerprint density at radius 2 is 2.04 bits per heavy atom. The first-order valence-electron chi connectivity index (χ1n) is 6.84. The van der Waals surface area contributed by atoms with Crippen LogP contribution in [0.25, 0.3) is 0 Å². The van der Waals surface area contributed by atoms with Crippen LogP contribution in [0.1, 0.15) is 6.92 Å². The van der Waals surface area contributed by atoms with E-state index in [9.17, 15) is 20.1 Å². The predicted molar refractivity (Wildman–Crippen MR) is 82.5 cm³/mol. The molecular weight excluding hydrogens is 349 g/mol. The van der Waals surface area contributed by atoms with Gasteiger partial charge < -0.3 is 30.1 Å². The predicted octanol–water partition coefficient (Wildman–Crippen LogP) is 0.316. The molecule has 2 rings (SSSR count). The van der Waals surface area contributed by atoms with Crippen molar-refractivity contribution in [3.05, 3.63) is 28.2 Å². The third-order valence-electron chi connectivity index (χ3n) is 3.39. The molecule has 1 aliphatic rings. The number of halogens is 2. The summed E-state index contributed by atoms with van der Waals surface area (Å²) in [5.41, 5.74) is 0. The number of aliphatic hydroxyl groups is 3. The lowest BCUT2D eigenvalue weighted by Crippen LogP contribution is -2.65. The SMILES string of the molecule is CC(=O)N[C@@H]1[C@H](Oc2ccc(Cl)cc2Cl)O[C@@H](CO)[C@@H](O)[C@@H]1O. The molecule has 0 radical (unpaired) electrons. The topological polar surface area (TPSA) is 108 Å². The van der Waals surface area contributed by atoms with Crippen LogP contribution in [-0.4, -0.2) is 58.5 Å². The van der Waals surface area contributed by atoms with Crippen LogP contribution in [0.2, 0.25) is 10.0 Å². The third-order valence-corrected chi connectivity index (χ3v) is 3.92. The van der Waals surface area contributed by atoms with Crippen molar-refractivity contribution < 1.29 is 29.6 Å². The lowest BCUT2D eigenvalue weighted by molar-refractivity contribution is -0.244. The van der Waals surface area contributed by atoms with Crippen molar-refractivity contribution >= 4 is 29.1 Å². The molecule has 7 nitrogen and oxygen atoms in total. The maximum atomic E-state index is 11.3. The summed E-state index contributed by atoms with van der Waals surface area (Å²) in [7, 11) is 0. The number of rotatable bonds is 4. The fourth-order valence-electron chi connectivity index (χ4n) is 2.27. The van der Waals surface area contributed by atoms with E-state index in [0.717, 1.165) is 0 Å². The quantitative estimate of drug-likeness (QED) is 0.611. The average molecular weight is 366 g/mol. The molecular formula is C14H17Cl2NO6. The van der Waals surface area contributed by atoms with Crippen molar-refractivity contribution in [1.82, 2.24) is 5.32 Å². The molecule has 1 aromatic rings. The Kier molecular flexibility index (Phi) is 6.07. The molecule has 1 fully saturated rings. The molecule has 1 aliphatic heterocycles. The van der Waals surface area contributed by atoms with E-state index in [4.69, 9.17) is 32.7 Å². The Bertz CT molecular complexity index is 572. The molecule has 5 atom stereocenters. The monoisotopic (exact) mass is 365 g/mol. The van der Waals surface area contributed by atoms with Crippen LogP contribution >= 0.6 is 23.2 Å². The van der Waals surface area contributed by atoms with Crippen molar-refractivity contribution in [3.63, 3.8) is 0 Å². The number of nitrogens with one attached hydrogen (secondary N) is 1. The van der Waals surface area contributed by atoms with E-state index in [2.05, 4.69) is 5.32 Å². The van der Waals surface area contributed by atoms with E-state index >= 15 is 0 Å². The van der Waals surface area contributed by atoms with Crippen LogP contribution in [-0.2, 0) is 9.53 Å². The maximum absolute atomic E-state index is 11.3. The van der Waals surface area contributed by atoms with Gasteiger partial charge in [0.2, 0.25) is 12.2 Å². The highest BCUT2D eigenvalue weighted by Gasteiger charge is 2.46. The van der Waals surface area contributed by atoms with Gasteiger partial charge in [-0.25, -0.2) is 0 Å². The number of carbonyl (C=O) groups is 1. The number of benzene rings is 1. The molecule has 23 heavy (non-hydrogen) atoms. The Balaban J connectivity index is 2.25. The molecule has 128 valence electrons. The average Bonchev–Trinajstić information content (AvgIpc) is 2.48. The first kappa shape index (κ1) is 18.3. The van der Waals surface area contributed by atoms with Gasteiger partial charge in [-0.3, -0.25) is 4.79 Å². The first-order valence-corrected chi connectivity index (χ1v) is 7.60. The van der Waals surface area contributed by atoms with Crippen molar-refractivity contribution in [2.45, 2.75) is 37.6 Å². The normalized spacial score (nSPS) is 30.8. The molecule has 4 N–H and O–H groups in total. The molecule has 0 saturated carbocycles. The summed E-state index contributed by atoms with van der Waals surface area (Å²) < 4.78 is 11.0. The van der Waals surface area contributed by atoms with Crippen LogP contribution in [0.3, 0.4) is 0 Å². The van der Waals surface area contributed by atoms with Gasteiger partial charge in [-0.1, -0.05) is 23.2 Å². The van der Waals surface area contributed by atoms with Gasteiger partial charge in [0.05, 0.1) is 11.6 Å². The maximum Gasteiger partial charge on any atom is 0.223 e. The van der Waals surface area contributed by atoms with E-state index in [0.29, 0.717) is 5.02 Å². The zero-order valence-electron chi connectivity index (χ0n) is 12.1. The van der Waals surface area contributed by atoms with Crippen molar-refractivity contribution in [2.75, 3.05) is 6.61 Å². The highest BCUT2D eigenvalue weighted by molar-refractivity contribution is 6.35. The van der Waals surface area contributed by atoms with Gasteiger partial charge >= 0.3 is 0 Å². The lowest BCUT2D eigenvalue weighted by atomic mass is 9.97. The number of ether oxygens (including phenoxy) is 2. The van der Waals surface area contributed by atoms with Gasteiger partial charge in [0.1, 0.15) is 30.1 Å². The Morgan fingerprint density at radius 1 is 1.35 bits per heavy atom. The van der Waals surface area contributed by atoms with Gasteiger partial charge in [-0.15, -0.1) is 0 Å². The summed E-state index contributed by atoms with van der Waals surface area (Å²) in [5, 5.41) is 32.4. The highest BCUT2D eigenvalue weighted by Crippen LogP contribution is 2.31. The molecule has 1 amide bonds. The largest absolute Gasteiger partial charge is 0.461 e. The van der Waals surface area contributed by atoms with Crippen LogP contribution in [0, 0.1) is 0 Å². The molecule has 9 heteroatoms. The summed E-state index contributed by atoms with van der Waals surface area (Å²) in [4.78, 5) is 11.3. The van der Waals surface area contributed by atoms with Crippen LogP contribution < -0.4 is 10.1 Å². The van der Waals surface area contributed by atoms with Gasteiger partial charge in [-0.2, -0.15) is 0 Å². The molecule has 0 spiro atoms. The van der Waals surface area contributed by atoms with Crippen molar-refractivity contribution in [1.29, 1.82) is 0 Å². The molecule has 0 unspecified atom stereocenters. The van der Waals surface area contributed by atoms with E-state index < -0.39 is 43.2 Å². The van der Waals surface area contributed by atoms with Crippen LogP contribution in [0.4, 0.5) is 0 Å². The summed E-state index contributed by atoms with van der Waals surface area (Å²) in [6.07, 6.45) is -4.99. The summed E-state index contributed by atoms with van der Waals surface area (Å²) in [6, 6.07) is 3.47. The van der Waals surface area contributed by atoms with E-state index in [-0.39, 0.29) is 10.8 Å². The molecule has 1 aromatic carbocycles. The molecule has 1 saturated heterocycles. The number of carbonyl (C=O) groups excluding carboxylic acids is 1. The minimum atomic E-state index is -1.39. The van der Waals surface area contributed by atoms with Gasteiger partial charge in [0, 0.05) is 11.9 Å². The second-order valence-electron chi connectivity index (χ2n) is 5.13. The van der Waals surface area contributed by atoms with Gasteiger partial charge in [-0.05, 0) is 18.2 Å². The highest BCUT2D eigenvalue weighted by atomic mass is 35.5. The smallest absolute Gasteiger partial charge is 0.223 e. The minimum Gasteiger partial charge on any atom is -0.461 e. The van der Waals surface area contributed by atoms with E-state index in [1.54, 1.807) is 6.07 Å². The number of hydrogen-bond donors (Lipinski definition) is 4. The van der Waals surface area contributed by atoms with Gasteiger partial charge in [0.25, 0.3) is 0 Å². The lowest BCUT2D eigenvalue weighted by Gasteiger charge is -2.42. The fourth-order valence-corrected chi connectivity index (χ4v) is 2.72. The summed E-state index contributed by atoms with van der Waals surface area (Å²) in [5.74, 6) is -0.222. The Morgan fingerprint density at radius 3 is 2.61 bits per heavy atom. The summed E-state index contributed by atoms with van der Waals surface area (Å²) >= 11 is 11.8. The zero-order chi connectivity index (χ0) is 17.1. The zero-order valence-corrected chi connectivity index (χ0v) is 13.7. The van der Waals surface area contributed by atoms with E-state index in [1.807, 2.05) is 0 Å². The first-order chi connectivity index (χ1) is 10.8. The minimum absolute atomic E-state index is 0.212. The van der Waals surface area contributed by atoms with Crippen LogP contribution in [0.5, 0.6) is 5.75 Å². The number of amides is 1. The molecule has 0 aromatic heterocycles. The van der Waals surface area contributed by atoms with Crippen molar-refractivity contribution in [2.24, 2.45) is 0 Å². The second kappa shape index (κ2) is 7.65. The van der Waals surface area contributed by atoms with Crippen molar-refractivity contribution in [3.8, 4) is 5.75 Å². The third kappa shape index (κ3) is 4.26. The second-order valence-corrected chi connectivity index (χ2v) is 5.97. The Labute approximate surface area is 142 Å². The van der Waals surface area contributed by atoms with Crippen LogP contribution in [0.15, 0.2) is 18.2 Å². The number of hydrogen-bond acceptors (Lipinski definition) is 6. The number of aliphatic hydroxyl groups excluding tert-OH is 3. The molecule has 0 bridgehead atoms. The standard InChI is InChI=1S/C14H17Cl2NO6/c1-6(19)17-11-13(21)12(20)10(5-18)23-14(11)22-9-3-2-7(15)4-8(9)16/h2-4,10-14,18,20-21H,5H2,1H3,(H,17,19)/t10-,11-,12+,13+,14+/m0/s1. The van der Waals surface area contributed by atoms with E-state index in [1.165, 1.54) is 19.1 Å². The fraction of sp³-hybridized carbons (Fsp3) is 0.500. The molecule has 1 heterocycles. The summed E-state index contributed by atoms with van der Waals surface area (Å²) in [6.45, 7) is 0.725.